The number of amides is 1. The van der Waals surface area contributed by atoms with Crippen molar-refractivity contribution >= 4 is 23.6 Å². The van der Waals surface area contributed by atoms with Gasteiger partial charge in [0.2, 0.25) is 0 Å². The fourth-order valence-corrected chi connectivity index (χ4v) is 6.39. The van der Waals surface area contributed by atoms with Gasteiger partial charge in [-0.1, -0.05) is 89.3 Å². The number of fused-ring (bicyclic) bond motifs is 1. The van der Waals surface area contributed by atoms with E-state index in [1.54, 1.807) is 6.92 Å². The van der Waals surface area contributed by atoms with Crippen LogP contribution < -0.4 is 5.32 Å². The maximum atomic E-state index is 14.5. The van der Waals surface area contributed by atoms with Crippen LogP contribution in [0, 0.1) is 17.8 Å². The number of rotatable bonds is 10. The second kappa shape index (κ2) is 13.3. The van der Waals surface area contributed by atoms with Gasteiger partial charge in [-0.05, 0) is 91.9 Å². The smallest absolute Gasteiger partial charge is 0.253 e. The predicted octanol–water partition coefficient (Wildman–Crippen LogP) is 9.68. The summed E-state index contributed by atoms with van der Waals surface area (Å²) in [5.41, 5.74) is 2.87. The first kappa shape index (κ1) is 29.0. The summed E-state index contributed by atoms with van der Waals surface area (Å²) in [4.78, 5) is 13.4. The van der Waals surface area contributed by atoms with E-state index in [0.717, 1.165) is 36.3 Å². The molecule has 0 heterocycles. The molecule has 2 aliphatic rings. The number of benzene rings is 1. The maximum absolute atomic E-state index is 14.5. The Kier molecular flexibility index (Phi) is 10.7. The van der Waals surface area contributed by atoms with Gasteiger partial charge in [-0.3, -0.25) is 4.79 Å². The first-order valence-electron chi connectivity index (χ1n) is 14.3. The van der Waals surface area contributed by atoms with Crippen LogP contribution in [0.1, 0.15) is 126 Å². The Hall–Kier alpha value is -1.61. The summed E-state index contributed by atoms with van der Waals surface area (Å²) < 4.78 is 14.5. The number of nitrogens with one attached hydrogen (secondary N) is 1. The lowest BCUT2D eigenvalue weighted by atomic mass is 9.80. The molecule has 0 aromatic heterocycles. The Balaban J connectivity index is 1.74. The van der Waals surface area contributed by atoms with E-state index in [4.69, 9.17) is 11.6 Å². The topological polar surface area (TPSA) is 29.1 Å². The van der Waals surface area contributed by atoms with Crippen molar-refractivity contribution in [3.05, 3.63) is 51.6 Å². The number of hydrogen-bond acceptors (Lipinski definition) is 1. The van der Waals surface area contributed by atoms with E-state index in [-0.39, 0.29) is 11.8 Å². The van der Waals surface area contributed by atoms with Gasteiger partial charge >= 0.3 is 0 Å². The van der Waals surface area contributed by atoms with Crippen molar-refractivity contribution in [1.82, 2.24) is 5.32 Å². The molecular formula is C32H47ClFNO. The van der Waals surface area contributed by atoms with Crippen molar-refractivity contribution in [3.63, 3.8) is 0 Å². The van der Waals surface area contributed by atoms with Crippen LogP contribution in [0.15, 0.2) is 29.9 Å². The van der Waals surface area contributed by atoms with Gasteiger partial charge in [0.25, 0.3) is 5.91 Å². The van der Waals surface area contributed by atoms with E-state index in [0.29, 0.717) is 41.8 Å². The van der Waals surface area contributed by atoms with Gasteiger partial charge in [0.05, 0.1) is 10.6 Å². The number of hydrogen-bond donors (Lipinski definition) is 1. The summed E-state index contributed by atoms with van der Waals surface area (Å²) in [5.74, 6) is 1.61. The average molecular weight is 516 g/mol. The maximum Gasteiger partial charge on any atom is 0.253 e. The zero-order valence-electron chi connectivity index (χ0n) is 23.1. The Morgan fingerprint density at radius 3 is 2.72 bits per heavy atom. The highest BCUT2D eigenvalue weighted by Crippen LogP contribution is 2.36. The van der Waals surface area contributed by atoms with E-state index in [2.05, 4.69) is 57.3 Å². The van der Waals surface area contributed by atoms with Crippen molar-refractivity contribution in [2.24, 2.45) is 17.8 Å². The molecule has 2 aliphatic carbocycles. The lowest BCUT2D eigenvalue weighted by Crippen LogP contribution is -2.36. The minimum atomic E-state index is -1.13. The third-order valence-electron chi connectivity index (χ3n) is 8.40. The molecule has 0 saturated heterocycles. The highest BCUT2D eigenvalue weighted by molar-refractivity contribution is 6.34. The minimum absolute atomic E-state index is 0.149. The van der Waals surface area contributed by atoms with Crippen LogP contribution in [0.5, 0.6) is 0 Å². The molecule has 2 nitrogen and oxygen atoms in total. The van der Waals surface area contributed by atoms with Crippen LogP contribution in [0.3, 0.4) is 0 Å². The molecule has 3 rings (SSSR count). The molecule has 1 N–H and O–H groups in total. The number of allylic oxidation sites excluding steroid dienone is 3. The lowest BCUT2D eigenvalue weighted by Gasteiger charge is -2.32. The van der Waals surface area contributed by atoms with Crippen LogP contribution >= 0.6 is 11.6 Å². The zero-order chi connectivity index (χ0) is 26.3. The van der Waals surface area contributed by atoms with Gasteiger partial charge in [0.1, 0.15) is 5.67 Å². The fourth-order valence-electron chi connectivity index (χ4n) is 6.14. The molecule has 0 aliphatic heterocycles. The normalized spacial score (nSPS) is 28.1. The van der Waals surface area contributed by atoms with Crippen molar-refractivity contribution in [2.45, 2.75) is 110 Å². The van der Waals surface area contributed by atoms with Gasteiger partial charge in [-0.15, -0.1) is 0 Å². The molecule has 1 aromatic carbocycles. The quantitative estimate of drug-likeness (QED) is 0.330. The molecule has 5 unspecified atom stereocenters. The summed E-state index contributed by atoms with van der Waals surface area (Å²) in [6.07, 6.45) is 16.9. The lowest BCUT2D eigenvalue weighted by molar-refractivity contribution is 0.0838. The van der Waals surface area contributed by atoms with Gasteiger partial charge in [0.15, 0.2) is 0 Å². The highest BCUT2D eigenvalue weighted by atomic mass is 35.5. The van der Waals surface area contributed by atoms with Crippen molar-refractivity contribution in [2.75, 3.05) is 6.54 Å². The predicted molar refractivity (Wildman–Crippen MR) is 152 cm³/mol. The van der Waals surface area contributed by atoms with Crippen LogP contribution in [0.2, 0.25) is 5.02 Å². The first-order chi connectivity index (χ1) is 17.1. The third-order valence-corrected chi connectivity index (χ3v) is 8.71. The number of halogens is 2. The monoisotopic (exact) mass is 515 g/mol. The second-order valence-corrected chi connectivity index (χ2v) is 12.3. The fraction of sp³-hybridized carbons (Fsp3) is 0.656. The van der Waals surface area contributed by atoms with Gasteiger partial charge < -0.3 is 5.32 Å². The highest BCUT2D eigenvalue weighted by Gasteiger charge is 2.32. The largest absolute Gasteiger partial charge is 0.352 e. The number of carbonyl (C=O) groups excluding carboxylic acids is 1. The van der Waals surface area contributed by atoms with E-state index in [1.807, 2.05) is 6.07 Å². The molecule has 36 heavy (non-hydrogen) atoms. The summed E-state index contributed by atoms with van der Waals surface area (Å²) >= 11 is 6.62. The molecule has 4 heteroatoms. The molecule has 1 fully saturated rings. The molecule has 0 radical (unpaired) electrons. The van der Waals surface area contributed by atoms with Crippen molar-refractivity contribution in [3.8, 4) is 0 Å². The Labute approximate surface area is 224 Å². The molecular weight excluding hydrogens is 469 g/mol. The van der Waals surface area contributed by atoms with Gasteiger partial charge in [-0.2, -0.15) is 0 Å². The van der Waals surface area contributed by atoms with Crippen LogP contribution in [0.25, 0.3) is 6.08 Å². The van der Waals surface area contributed by atoms with Crippen molar-refractivity contribution in [1.29, 1.82) is 0 Å². The molecule has 200 valence electrons. The first-order valence-corrected chi connectivity index (χ1v) is 14.7. The van der Waals surface area contributed by atoms with Crippen LogP contribution in [0.4, 0.5) is 4.39 Å². The summed E-state index contributed by atoms with van der Waals surface area (Å²) in [6.45, 7) is 11.4. The molecule has 1 amide bonds. The second-order valence-electron chi connectivity index (χ2n) is 11.9. The van der Waals surface area contributed by atoms with E-state index in [9.17, 15) is 9.18 Å². The zero-order valence-corrected chi connectivity index (χ0v) is 23.9. The number of carbonyl (C=O) groups is 1. The molecule has 5 atom stereocenters. The average Bonchev–Trinajstić information content (AvgIpc) is 2.80. The van der Waals surface area contributed by atoms with Gasteiger partial charge in [-0.25, -0.2) is 4.39 Å². The summed E-state index contributed by atoms with van der Waals surface area (Å²) in [5, 5.41) is 3.57. The van der Waals surface area contributed by atoms with Crippen molar-refractivity contribution < 1.29 is 9.18 Å². The van der Waals surface area contributed by atoms with E-state index >= 15 is 0 Å². The Bertz CT molecular complexity index is 950. The Morgan fingerprint density at radius 1 is 1.22 bits per heavy atom. The van der Waals surface area contributed by atoms with E-state index in [1.165, 1.54) is 37.7 Å². The standard InChI is InChI=1S/C32H47ClFNO/c1-6-9-22(2)10-7-11-23(3)26-14-13-24(4)27-17-18-29(33)30(28(27)16-15-26)31(36)35-21-25-12-8-19-32(5,34)20-25/h14-18,22-25H,6-13,19-21H2,1-5H3,(H,35,36)/b16-15-,26-14-. The molecule has 1 saturated carbocycles. The summed E-state index contributed by atoms with van der Waals surface area (Å²) in [7, 11) is 0. The van der Waals surface area contributed by atoms with Crippen LogP contribution in [-0.4, -0.2) is 18.1 Å². The molecule has 0 spiro atoms. The van der Waals surface area contributed by atoms with Gasteiger partial charge in [0, 0.05) is 6.54 Å². The minimum Gasteiger partial charge on any atom is -0.352 e. The summed E-state index contributed by atoms with van der Waals surface area (Å²) in [6, 6.07) is 3.92. The Morgan fingerprint density at radius 2 is 2.00 bits per heavy atom. The molecule has 0 bridgehead atoms. The SMILES string of the molecule is CCCC(C)CCCC(C)C1=C\CC(C)c2ccc(Cl)c(C(=O)NCC3CCCC(C)(F)C3)c2/C=C\1. The third kappa shape index (κ3) is 7.94. The van der Waals surface area contributed by atoms with Crippen LogP contribution in [-0.2, 0) is 0 Å². The van der Waals surface area contributed by atoms with E-state index < -0.39 is 5.67 Å². The number of alkyl halides is 1. The molecule has 1 aromatic rings.